The molecule has 1 aromatic heterocycles. The lowest BCUT2D eigenvalue weighted by Crippen LogP contribution is -2.47. The van der Waals surface area contributed by atoms with E-state index in [1.165, 1.54) is 17.9 Å². The molecule has 0 aliphatic rings. The summed E-state index contributed by atoms with van der Waals surface area (Å²) in [5, 5.41) is 39.7. The van der Waals surface area contributed by atoms with Crippen LogP contribution in [0.2, 0.25) is 0 Å². The number of amides is 1. The maximum atomic E-state index is 13.1. The van der Waals surface area contributed by atoms with Gasteiger partial charge in [-0.3, -0.25) is 15.2 Å². The van der Waals surface area contributed by atoms with Gasteiger partial charge in [0, 0.05) is 24.1 Å². The topological polar surface area (TPSA) is 190 Å². The Labute approximate surface area is 283 Å². The number of hydrogen-bond donors (Lipinski definition) is 3. The van der Waals surface area contributed by atoms with E-state index in [0.29, 0.717) is 17.5 Å². The first-order valence-corrected chi connectivity index (χ1v) is 15.8. The third-order valence-electron chi connectivity index (χ3n) is 7.59. The molecule has 3 N–H and O–H groups in total. The molecule has 0 saturated carbocycles. The largest absolute Gasteiger partial charge is 0.515 e. The van der Waals surface area contributed by atoms with Gasteiger partial charge >= 0.3 is 12.1 Å². The maximum absolute atomic E-state index is 13.1. The van der Waals surface area contributed by atoms with Crippen LogP contribution in [0.15, 0.2) is 72.8 Å². The van der Waals surface area contributed by atoms with Gasteiger partial charge in [-0.1, -0.05) is 93.9 Å². The van der Waals surface area contributed by atoms with Crippen molar-refractivity contribution in [2.45, 2.75) is 72.4 Å². The first kappa shape index (κ1) is 36.6. The molecule has 0 saturated heterocycles. The Morgan fingerprint density at radius 2 is 1.59 bits per heavy atom. The van der Waals surface area contributed by atoms with Gasteiger partial charge in [0.1, 0.15) is 18.4 Å². The molecule has 1 amide bonds. The minimum atomic E-state index is -1.06. The monoisotopic (exact) mass is 676 g/mol. The molecular weight excluding hydrogens is 636 g/mol. The highest BCUT2D eigenvalue weighted by molar-refractivity contribution is 5.84. The van der Waals surface area contributed by atoms with Crippen molar-refractivity contribution in [3.05, 3.63) is 83.9 Å². The lowest BCUT2D eigenvalue weighted by molar-refractivity contribution is -0.497. The van der Waals surface area contributed by atoms with E-state index in [1.54, 1.807) is 32.0 Å². The van der Waals surface area contributed by atoms with Gasteiger partial charge in [0.15, 0.2) is 0 Å². The van der Waals surface area contributed by atoms with Crippen LogP contribution in [-0.4, -0.2) is 70.1 Å². The van der Waals surface area contributed by atoms with E-state index in [-0.39, 0.29) is 43.0 Å². The molecular formula is C34H40N6O9. The molecule has 15 nitrogen and oxygen atoms in total. The molecule has 3 aromatic carbocycles. The number of aromatic nitrogens is 4. The van der Waals surface area contributed by atoms with Gasteiger partial charge < -0.3 is 19.5 Å². The summed E-state index contributed by atoms with van der Waals surface area (Å²) in [6.45, 7) is 6.99. The van der Waals surface area contributed by atoms with Crippen LogP contribution < -0.4 is 4.74 Å². The van der Waals surface area contributed by atoms with E-state index in [0.717, 1.165) is 27.9 Å². The number of para-hydroxylation sites is 1. The van der Waals surface area contributed by atoms with Crippen LogP contribution in [-0.2, 0) is 32.3 Å². The highest BCUT2D eigenvalue weighted by atomic mass is 17.1. The molecule has 0 spiro atoms. The molecule has 0 aliphatic heterocycles. The van der Waals surface area contributed by atoms with Crippen LogP contribution in [0.1, 0.15) is 64.3 Å². The Kier molecular flexibility index (Phi) is 12.9. The molecule has 260 valence electrons. The molecule has 0 bridgehead atoms. The van der Waals surface area contributed by atoms with Crippen molar-refractivity contribution in [3.63, 3.8) is 0 Å². The summed E-state index contributed by atoms with van der Waals surface area (Å²) in [6.07, 6.45) is -0.255. The zero-order chi connectivity index (χ0) is 35.5. The Bertz CT molecular complexity index is 1710. The van der Waals surface area contributed by atoms with Crippen LogP contribution in [0, 0.1) is 5.92 Å². The third-order valence-corrected chi connectivity index (χ3v) is 7.59. The molecule has 2 atom stereocenters. The average molecular weight is 677 g/mol. The highest BCUT2D eigenvalue weighted by Gasteiger charge is 2.32. The summed E-state index contributed by atoms with van der Waals surface area (Å²) in [4.78, 5) is 44.9. The fourth-order valence-corrected chi connectivity index (χ4v) is 5.15. The minimum absolute atomic E-state index is 0.0890. The van der Waals surface area contributed by atoms with Crippen molar-refractivity contribution in [1.82, 2.24) is 30.5 Å². The zero-order valence-electron chi connectivity index (χ0n) is 27.7. The number of carboxylic acid groups (broad SMARTS) is 1. The molecule has 4 rings (SSSR count). The van der Waals surface area contributed by atoms with Gasteiger partial charge in [-0.15, -0.1) is 15.0 Å². The molecule has 0 radical (unpaired) electrons. The molecule has 0 aliphatic carbocycles. The van der Waals surface area contributed by atoms with E-state index < -0.39 is 29.8 Å². The second-order valence-corrected chi connectivity index (χ2v) is 11.5. The molecule has 0 fully saturated rings. The van der Waals surface area contributed by atoms with Crippen LogP contribution in [0.5, 0.6) is 5.75 Å². The lowest BCUT2D eigenvalue weighted by Gasteiger charge is -2.32. The molecule has 15 heteroatoms. The number of carboxylic acids is 1. The molecule has 4 aromatic rings. The van der Waals surface area contributed by atoms with Gasteiger partial charge in [0.05, 0.1) is 5.39 Å². The van der Waals surface area contributed by atoms with Gasteiger partial charge in [-0.25, -0.2) is 14.4 Å². The van der Waals surface area contributed by atoms with E-state index in [2.05, 4.69) is 20.2 Å². The van der Waals surface area contributed by atoms with Crippen molar-refractivity contribution in [2.24, 2.45) is 5.92 Å². The summed E-state index contributed by atoms with van der Waals surface area (Å²) in [6, 6.07) is 20.3. The predicted molar refractivity (Wildman–Crippen MR) is 173 cm³/mol. The third kappa shape index (κ3) is 9.90. The van der Waals surface area contributed by atoms with Crippen LogP contribution in [0.3, 0.4) is 0 Å². The molecule has 1 heterocycles. The van der Waals surface area contributed by atoms with Gasteiger partial charge in [0.2, 0.25) is 18.0 Å². The standard InChI is InChI=1S/C34H40N6O9/c1-5-6-15-30(41)38(31(22(2)3)33(42)43)20-24-16-18-25(19-17-24)27-12-8-9-13-28(27)32-35-37-39(36-32)23(4)48-34(44)49-29-14-10-7-11-26(29)21-47-40(45)46/h7-14,16-19,22-23,31,45-46H,5-6,15,20-21H2,1-4H3,(H,42,43)/t23?,31-/m0/s1. The number of ether oxygens (including phenoxy) is 2. The van der Waals surface area contributed by atoms with E-state index >= 15 is 0 Å². The number of tetrazole rings is 1. The zero-order valence-corrected chi connectivity index (χ0v) is 27.7. The summed E-state index contributed by atoms with van der Waals surface area (Å²) >= 11 is 0. The van der Waals surface area contributed by atoms with Gasteiger partial charge in [-0.05, 0) is 47.2 Å². The van der Waals surface area contributed by atoms with Crippen molar-refractivity contribution in [3.8, 4) is 28.3 Å². The van der Waals surface area contributed by atoms with Crippen molar-refractivity contribution in [2.75, 3.05) is 0 Å². The van der Waals surface area contributed by atoms with Crippen molar-refractivity contribution < 1.29 is 44.2 Å². The van der Waals surface area contributed by atoms with E-state index in [4.69, 9.17) is 19.9 Å². The Balaban J connectivity index is 1.48. The number of aliphatic carboxylic acids is 1. The average Bonchev–Trinajstić information content (AvgIpc) is 3.57. The number of benzene rings is 3. The van der Waals surface area contributed by atoms with Crippen molar-refractivity contribution >= 4 is 18.0 Å². The second kappa shape index (κ2) is 17.3. The molecule has 49 heavy (non-hydrogen) atoms. The van der Waals surface area contributed by atoms with Gasteiger partial charge in [0.25, 0.3) is 0 Å². The number of carbonyl (C=O) groups is 3. The fourth-order valence-electron chi connectivity index (χ4n) is 5.15. The van der Waals surface area contributed by atoms with E-state index in [1.807, 2.05) is 55.5 Å². The SMILES string of the molecule is CCCCC(=O)N(Cc1ccc(-c2ccccc2-c2nnn(C(C)OC(=O)Oc3ccccc3CON(O)O)n2)cc1)[C@H](C(=O)O)C(C)C. The van der Waals surface area contributed by atoms with Gasteiger partial charge in [-0.2, -0.15) is 0 Å². The minimum Gasteiger partial charge on any atom is -0.480 e. The normalized spacial score (nSPS) is 12.5. The number of unbranched alkanes of at least 4 members (excludes halogenated alkanes) is 1. The second-order valence-electron chi connectivity index (χ2n) is 11.5. The Hall–Kier alpha value is -5.22. The summed E-state index contributed by atoms with van der Waals surface area (Å²) in [5.41, 5.74) is 3.43. The van der Waals surface area contributed by atoms with Crippen LogP contribution >= 0.6 is 0 Å². The van der Waals surface area contributed by atoms with Crippen LogP contribution in [0.4, 0.5) is 4.79 Å². The van der Waals surface area contributed by atoms with E-state index in [9.17, 15) is 19.5 Å². The van der Waals surface area contributed by atoms with Crippen molar-refractivity contribution in [1.29, 1.82) is 0 Å². The Morgan fingerprint density at radius 1 is 0.918 bits per heavy atom. The Morgan fingerprint density at radius 3 is 2.24 bits per heavy atom. The maximum Gasteiger partial charge on any atom is 0.515 e. The fraction of sp³-hybridized carbons (Fsp3) is 0.353. The first-order valence-electron chi connectivity index (χ1n) is 15.8. The predicted octanol–water partition coefficient (Wildman–Crippen LogP) is 5.88. The van der Waals surface area contributed by atoms with Crippen LogP contribution in [0.25, 0.3) is 22.5 Å². The summed E-state index contributed by atoms with van der Waals surface area (Å²) < 4.78 is 10.6. The smallest absolute Gasteiger partial charge is 0.480 e. The first-order chi connectivity index (χ1) is 23.5. The number of nitrogens with zero attached hydrogens (tertiary/aromatic N) is 6. The lowest BCUT2D eigenvalue weighted by atomic mass is 9.97. The number of hydrogen-bond acceptors (Lipinski definition) is 12. The number of rotatable bonds is 16. The number of carbonyl (C=O) groups excluding carboxylic acids is 2. The highest BCUT2D eigenvalue weighted by Crippen LogP contribution is 2.31. The molecule has 1 unspecified atom stereocenters. The quantitative estimate of drug-likeness (QED) is 0.0725. The summed E-state index contributed by atoms with van der Waals surface area (Å²) in [7, 11) is 0. The summed E-state index contributed by atoms with van der Waals surface area (Å²) in [5.74, 6) is -1.12.